The smallest absolute Gasteiger partial charge is 0.391 e. The Balaban J connectivity index is 2.15. The lowest BCUT2D eigenvalue weighted by Crippen LogP contribution is -2.34. The summed E-state index contributed by atoms with van der Waals surface area (Å²) in [6, 6.07) is 3.58. The molecule has 1 aromatic carbocycles. The van der Waals surface area contributed by atoms with Gasteiger partial charge in [0.25, 0.3) is 0 Å². The average molecular weight is 366 g/mol. The van der Waals surface area contributed by atoms with Crippen molar-refractivity contribution in [3.63, 3.8) is 0 Å². The van der Waals surface area contributed by atoms with Gasteiger partial charge in [-0.15, -0.1) is 0 Å². The van der Waals surface area contributed by atoms with Crippen LogP contribution in [0.25, 0.3) is 0 Å². The first-order valence-electron chi connectivity index (χ1n) is 6.98. The van der Waals surface area contributed by atoms with Crippen LogP contribution in [0, 0.1) is 12.8 Å². The number of nitrogens with one attached hydrogen (secondary N) is 1. The van der Waals surface area contributed by atoms with Crippen LogP contribution in [-0.4, -0.2) is 19.3 Å². The number of hydrogen-bond acceptors (Lipinski definition) is 2. The molecule has 0 radical (unpaired) electrons. The number of methoxy groups -OCH3 is 1. The fourth-order valence-corrected chi connectivity index (χ4v) is 3.43. The van der Waals surface area contributed by atoms with E-state index < -0.39 is 12.1 Å². The fraction of sp³-hybridized carbons (Fsp3) is 0.600. The van der Waals surface area contributed by atoms with Gasteiger partial charge in [0.15, 0.2) is 0 Å². The Hall–Kier alpha value is -0.910. The van der Waals surface area contributed by atoms with Gasteiger partial charge in [-0.2, -0.15) is 13.2 Å². The Kier molecular flexibility index (Phi) is 5.07. The minimum atomic E-state index is -4.10. The third-order valence-corrected chi connectivity index (χ3v) is 4.43. The SMILES string of the molecule is COc1cc(Br)cc(C)c1NC1CCCC(C(F)(F)F)C1. The fourth-order valence-electron chi connectivity index (χ4n) is 2.88. The van der Waals surface area contributed by atoms with E-state index in [2.05, 4.69) is 21.2 Å². The van der Waals surface area contributed by atoms with Gasteiger partial charge in [-0.25, -0.2) is 0 Å². The summed E-state index contributed by atoms with van der Waals surface area (Å²) in [5, 5.41) is 3.25. The normalized spacial score (nSPS) is 23.0. The minimum absolute atomic E-state index is 0.127. The monoisotopic (exact) mass is 365 g/mol. The molecular formula is C15H19BrF3NO. The number of benzene rings is 1. The van der Waals surface area contributed by atoms with Crippen LogP contribution in [-0.2, 0) is 0 Å². The molecule has 2 atom stereocenters. The second-order valence-electron chi connectivity index (χ2n) is 5.55. The van der Waals surface area contributed by atoms with Crippen molar-refractivity contribution in [3.05, 3.63) is 22.2 Å². The van der Waals surface area contributed by atoms with E-state index in [0.717, 1.165) is 22.1 Å². The Morgan fingerprint density at radius 3 is 2.62 bits per heavy atom. The molecule has 0 aromatic heterocycles. The Morgan fingerprint density at radius 1 is 1.29 bits per heavy atom. The highest BCUT2D eigenvalue weighted by atomic mass is 79.9. The molecule has 2 rings (SSSR count). The summed E-state index contributed by atoms with van der Waals surface area (Å²) >= 11 is 3.39. The van der Waals surface area contributed by atoms with Crippen LogP contribution in [0.15, 0.2) is 16.6 Å². The summed E-state index contributed by atoms with van der Waals surface area (Å²) in [6.45, 7) is 1.92. The topological polar surface area (TPSA) is 21.3 Å². The second kappa shape index (κ2) is 6.46. The number of ether oxygens (including phenoxy) is 1. The van der Waals surface area contributed by atoms with Gasteiger partial charge in [-0.3, -0.25) is 0 Å². The molecule has 1 N–H and O–H groups in total. The van der Waals surface area contributed by atoms with Crippen LogP contribution in [0.3, 0.4) is 0 Å². The Bertz CT molecular complexity index is 504. The number of alkyl halides is 3. The zero-order valence-electron chi connectivity index (χ0n) is 12.1. The predicted molar refractivity (Wildman–Crippen MR) is 80.9 cm³/mol. The molecule has 0 saturated heterocycles. The Morgan fingerprint density at radius 2 is 2.00 bits per heavy atom. The van der Waals surface area contributed by atoms with E-state index in [1.165, 1.54) is 0 Å². The van der Waals surface area contributed by atoms with Crippen molar-refractivity contribution in [3.8, 4) is 5.75 Å². The molecule has 2 nitrogen and oxygen atoms in total. The molecule has 1 fully saturated rings. The van der Waals surface area contributed by atoms with E-state index in [-0.39, 0.29) is 18.9 Å². The second-order valence-corrected chi connectivity index (χ2v) is 6.46. The van der Waals surface area contributed by atoms with Gasteiger partial charge in [0.1, 0.15) is 5.75 Å². The highest BCUT2D eigenvalue weighted by Crippen LogP contribution is 2.40. The first-order chi connectivity index (χ1) is 9.81. The van der Waals surface area contributed by atoms with Crippen LogP contribution < -0.4 is 10.1 Å². The molecule has 0 amide bonds. The average Bonchev–Trinajstić information content (AvgIpc) is 2.41. The molecule has 1 aliphatic rings. The van der Waals surface area contributed by atoms with Crippen LogP contribution in [0.1, 0.15) is 31.2 Å². The number of halogens is 4. The van der Waals surface area contributed by atoms with Crippen molar-refractivity contribution < 1.29 is 17.9 Å². The van der Waals surface area contributed by atoms with Gasteiger partial charge in [-0.05, 0) is 43.9 Å². The molecule has 1 saturated carbocycles. The highest BCUT2D eigenvalue weighted by molar-refractivity contribution is 9.10. The molecule has 6 heteroatoms. The highest BCUT2D eigenvalue weighted by Gasteiger charge is 2.42. The van der Waals surface area contributed by atoms with Gasteiger partial charge in [-0.1, -0.05) is 22.4 Å². The minimum Gasteiger partial charge on any atom is -0.495 e. The zero-order valence-corrected chi connectivity index (χ0v) is 13.6. The molecular weight excluding hydrogens is 347 g/mol. The van der Waals surface area contributed by atoms with Crippen molar-refractivity contribution >= 4 is 21.6 Å². The first-order valence-corrected chi connectivity index (χ1v) is 7.78. The lowest BCUT2D eigenvalue weighted by Gasteiger charge is -2.32. The van der Waals surface area contributed by atoms with Crippen LogP contribution in [0.2, 0.25) is 0 Å². The number of anilines is 1. The summed E-state index contributed by atoms with van der Waals surface area (Å²) in [6.07, 6.45) is -2.38. The van der Waals surface area contributed by atoms with Crippen LogP contribution >= 0.6 is 15.9 Å². The van der Waals surface area contributed by atoms with E-state index in [9.17, 15) is 13.2 Å². The van der Waals surface area contributed by atoms with Crippen molar-refractivity contribution in [1.82, 2.24) is 0 Å². The summed E-state index contributed by atoms with van der Waals surface area (Å²) in [4.78, 5) is 0. The quantitative estimate of drug-likeness (QED) is 0.784. The van der Waals surface area contributed by atoms with E-state index in [1.807, 2.05) is 19.1 Å². The van der Waals surface area contributed by atoms with Crippen molar-refractivity contribution in [1.29, 1.82) is 0 Å². The van der Waals surface area contributed by atoms with Gasteiger partial charge >= 0.3 is 6.18 Å². The molecule has 118 valence electrons. The molecule has 0 spiro atoms. The summed E-state index contributed by atoms with van der Waals surface area (Å²) in [5.74, 6) is -0.554. The van der Waals surface area contributed by atoms with Gasteiger partial charge < -0.3 is 10.1 Å². The van der Waals surface area contributed by atoms with Gasteiger partial charge in [0.05, 0.1) is 18.7 Å². The molecule has 0 heterocycles. The van der Waals surface area contributed by atoms with E-state index in [1.54, 1.807) is 7.11 Å². The number of hydrogen-bond donors (Lipinski definition) is 1. The maximum Gasteiger partial charge on any atom is 0.391 e. The predicted octanol–water partition coefficient (Wildman–Crippen LogP) is 5.30. The third kappa shape index (κ3) is 4.05. The lowest BCUT2D eigenvalue weighted by molar-refractivity contribution is -0.182. The van der Waals surface area contributed by atoms with Gasteiger partial charge in [0, 0.05) is 10.5 Å². The Labute approximate surface area is 131 Å². The maximum atomic E-state index is 12.9. The molecule has 0 aliphatic heterocycles. The standard InChI is InChI=1S/C15H19BrF3NO/c1-9-6-11(16)8-13(21-2)14(9)20-12-5-3-4-10(7-12)15(17,18)19/h6,8,10,12,20H,3-5,7H2,1-2H3. The van der Waals surface area contributed by atoms with Gasteiger partial charge in [0.2, 0.25) is 0 Å². The van der Waals surface area contributed by atoms with Crippen molar-refractivity contribution in [2.24, 2.45) is 5.92 Å². The largest absolute Gasteiger partial charge is 0.495 e. The summed E-state index contributed by atoms with van der Waals surface area (Å²) in [5.41, 5.74) is 1.74. The molecule has 21 heavy (non-hydrogen) atoms. The summed E-state index contributed by atoms with van der Waals surface area (Å²) < 4.78 is 44.8. The first kappa shape index (κ1) is 16.5. The van der Waals surface area contributed by atoms with E-state index in [0.29, 0.717) is 12.2 Å². The van der Waals surface area contributed by atoms with Crippen LogP contribution in [0.5, 0.6) is 5.75 Å². The van der Waals surface area contributed by atoms with Crippen molar-refractivity contribution in [2.75, 3.05) is 12.4 Å². The maximum absolute atomic E-state index is 12.9. The molecule has 0 bridgehead atoms. The molecule has 1 aliphatic carbocycles. The van der Waals surface area contributed by atoms with E-state index >= 15 is 0 Å². The molecule has 2 unspecified atom stereocenters. The number of rotatable bonds is 3. The summed E-state index contributed by atoms with van der Waals surface area (Å²) in [7, 11) is 1.56. The zero-order chi connectivity index (χ0) is 15.6. The molecule has 1 aromatic rings. The van der Waals surface area contributed by atoms with Crippen molar-refractivity contribution in [2.45, 2.75) is 44.8 Å². The van der Waals surface area contributed by atoms with Crippen LogP contribution in [0.4, 0.5) is 18.9 Å². The lowest BCUT2D eigenvalue weighted by atomic mass is 9.85. The van der Waals surface area contributed by atoms with E-state index in [4.69, 9.17) is 4.74 Å². The number of aryl methyl sites for hydroxylation is 1. The third-order valence-electron chi connectivity index (χ3n) is 3.97.